The van der Waals surface area contributed by atoms with Crippen LogP contribution in [0.25, 0.3) is 0 Å². The van der Waals surface area contributed by atoms with Crippen LogP contribution >= 0.6 is 11.6 Å². The lowest BCUT2D eigenvalue weighted by Crippen LogP contribution is -2.40. The molecule has 1 aliphatic carbocycles. The van der Waals surface area contributed by atoms with Crippen LogP contribution < -0.4 is 5.73 Å². The number of rotatable bonds is 4. The standard InChI is InChI=1S/C19H21ClN2O3/c1-11-15(10-18(21)23)16-9-14(25-2)7-8-17(16)22(11)19(24)12-3-5-13(20)6-4-12/h3-8,14,16-17H,9-10H2,1-2H3,(H2,21,23). The van der Waals surface area contributed by atoms with E-state index in [1.165, 1.54) is 0 Å². The number of halogens is 1. The smallest absolute Gasteiger partial charge is 0.258 e. The third-order valence-electron chi connectivity index (χ3n) is 4.97. The van der Waals surface area contributed by atoms with Crippen LogP contribution in [0.1, 0.15) is 30.1 Å². The number of primary amides is 1. The van der Waals surface area contributed by atoms with Gasteiger partial charge in [0.25, 0.3) is 5.91 Å². The molecule has 2 aliphatic rings. The van der Waals surface area contributed by atoms with Gasteiger partial charge in [0, 0.05) is 35.7 Å². The summed E-state index contributed by atoms with van der Waals surface area (Å²) >= 11 is 5.92. The quantitative estimate of drug-likeness (QED) is 0.839. The monoisotopic (exact) mass is 360 g/mol. The Morgan fingerprint density at radius 3 is 2.56 bits per heavy atom. The number of methoxy groups -OCH3 is 1. The summed E-state index contributed by atoms with van der Waals surface area (Å²) in [7, 11) is 1.66. The Kier molecular flexibility index (Phi) is 4.97. The molecule has 2 N–H and O–H groups in total. The molecule has 5 nitrogen and oxygen atoms in total. The maximum atomic E-state index is 13.1. The highest BCUT2D eigenvalue weighted by Gasteiger charge is 2.43. The van der Waals surface area contributed by atoms with Gasteiger partial charge in [0.05, 0.1) is 12.1 Å². The molecule has 132 valence electrons. The van der Waals surface area contributed by atoms with Crippen LogP contribution in [0.3, 0.4) is 0 Å². The third kappa shape index (κ3) is 3.34. The largest absolute Gasteiger partial charge is 0.377 e. The summed E-state index contributed by atoms with van der Waals surface area (Å²) in [5, 5.41) is 0.582. The number of nitrogens with two attached hydrogens (primary N) is 1. The predicted molar refractivity (Wildman–Crippen MR) is 96.0 cm³/mol. The fourth-order valence-electron chi connectivity index (χ4n) is 3.74. The van der Waals surface area contributed by atoms with Crippen molar-refractivity contribution in [2.75, 3.05) is 7.11 Å². The van der Waals surface area contributed by atoms with Crippen molar-refractivity contribution in [3.05, 3.63) is 58.3 Å². The van der Waals surface area contributed by atoms with E-state index >= 15 is 0 Å². The Labute approximate surface area is 152 Å². The van der Waals surface area contributed by atoms with Crippen LogP contribution in [0, 0.1) is 5.92 Å². The predicted octanol–water partition coefficient (Wildman–Crippen LogP) is 2.90. The van der Waals surface area contributed by atoms with Crippen molar-refractivity contribution in [3.8, 4) is 0 Å². The molecule has 25 heavy (non-hydrogen) atoms. The minimum atomic E-state index is -0.391. The van der Waals surface area contributed by atoms with Gasteiger partial charge >= 0.3 is 0 Å². The lowest BCUT2D eigenvalue weighted by Gasteiger charge is -2.32. The maximum absolute atomic E-state index is 13.1. The van der Waals surface area contributed by atoms with Gasteiger partial charge in [-0.25, -0.2) is 0 Å². The zero-order valence-corrected chi connectivity index (χ0v) is 15.0. The second-order valence-electron chi connectivity index (χ2n) is 6.43. The molecule has 0 fully saturated rings. The van der Waals surface area contributed by atoms with E-state index in [1.54, 1.807) is 36.3 Å². The van der Waals surface area contributed by atoms with Crippen LogP contribution in [-0.4, -0.2) is 36.0 Å². The molecule has 0 saturated heterocycles. The van der Waals surface area contributed by atoms with Crippen LogP contribution in [0.2, 0.25) is 5.02 Å². The van der Waals surface area contributed by atoms with Gasteiger partial charge < -0.3 is 15.4 Å². The van der Waals surface area contributed by atoms with Gasteiger partial charge in [-0.1, -0.05) is 23.8 Å². The summed E-state index contributed by atoms with van der Waals surface area (Å²) < 4.78 is 5.44. The Hall–Kier alpha value is -2.11. The Balaban J connectivity index is 1.99. The van der Waals surface area contributed by atoms with E-state index in [2.05, 4.69) is 0 Å². The Bertz CT molecular complexity index is 754. The van der Waals surface area contributed by atoms with Crippen LogP contribution in [0.4, 0.5) is 0 Å². The van der Waals surface area contributed by atoms with Gasteiger partial charge in [-0.3, -0.25) is 9.59 Å². The molecule has 3 unspecified atom stereocenters. The molecule has 3 atom stereocenters. The van der Waals surface area contributed by atoms with Crippen molar-refractivity contribution < 1.29 is 14.3 Å². The summed E-state index contributed by atoms with van der Waals surface area (Å²) in [4.78, 5) is 26.4. The van der Waals surface area contributed by atoms with Gasteiger partial charge in [-0.15, -0.1) is 0 Å². The van der Waals surface area contributed by atoms with Crippen LogP contribution in [-0.2, 0) is 9.53 Å². The summed E-state index contributed by atoms with van der Waals surface area (Å²) in [6, 6.07) is 6.70. The topological polar surface area (TPSA) is 72.6 Å². The molecule has 1 aromatic carbocycles. The van der Waals surface area contributed by atoms with Crippen molar-refractivity contribution in [1.82, 2.24) is 4.90 Å². The van der Waals surface area contributed by atoms with Gasteiger partial charge in [0.1, 0.15) is 0 Å². The molecule has 0 radical (unpaired) electrons. The Morgan fingerprint density at radius 2 is 1.96 bits per heavy atom. The SMILES string of the molecule is COC1C=CC2C(C1)C(CC(N)=O)=C(C)N2C(=O)c1ccc(Cl)cc1. The van der Waals surface area contributed by atoms with E-state index < -0.39 is 5.91 Å². The van der Waals surface area contributed by atoms with Crippen molar-refractivity contribution in [2.45, 2.75) is 31.9 Å². The zero-order valence-electron chi connectivity index (χ0n) is 14.2. The number of carbonyl (C=O) groups is 2. The van der Waals surface area contributed by atoms with E-state index in [9.17, 15) is 9.59 Å². The molecular weight excluding hydrogens is 340 g/mol. The lowest BCUT2D eigenvalue weighted by atomic mass is 9.83. The van der Waals surface area contributed by atoms with E-state index in [4.69, 9.17) is 22.1 Å². The number of amides is 2. The molecule has 1 heterocycles. The molecule has 0 bridgehead atoms. The molecule has 0 saturated carbocycles. The highest BCUT2D eigenvalue weighted by atomic mass is 35.5. The second kappa shape index (κ2) is 7.02. The number of hydrogen-bond acceptors (Lipinski definition) is 3. The molecule has 3 rings (SSSR count). The average molecular weight is 361 g/mol. The first-order chi connectivity index (χ1) is 11.9. The highest BCUT2D eigenvalue weighted by Crippen LogP contribution is 2.42. The number of benzene rings is 1. The molecule has 0 aromatic heterocycles. The van der Waals surface area contributed by atoms with Crippen molar-refractivity contribution in [3.63, 3.8) is 0 Å². The lowest BCUT2D eigenvalue weighted by molar-refractivity contribution is -0.117. The first kappa shape index (κ1) is 17.7. The van der Waals surface area contributed by atoms with Crippen LogP contribution in [0.15, 0.2) is 47.7 Å². The number of hydrogen-bond donors (Lipinski definition) is 1. The van der Waals surface area contributed by atoms with Gasteiger partial charge in [0.15, 0.2) is 0 Å². The van der Waals surface area contributed by atoms with Gasteiger partial charge in [-0.2, -0.15) is 0 Å². The van der Waals surface area contributed by atoms with E-state index in [0.29, 0.717) is 10.6 Å². The Morgan fingerprint density at radius 1 is 1.28 bits per heavy atom. The number of carbonyl (C=O) groups excluding carboxylic acids is 2. The average Bonchev–Trinajstić information content (AvgIpc) is 2.86. The van der Waals surface area contributed by atoms with Crippen molar-refractivity contribution in [1.29, 1.82) is 0 Å². The zero-order chi connectivity index (χ0) is 18.1. The maximum Gasteiger partial charge on any atom is 0.258 e. The summed E-state index contributed by atoms with van der Waals surface area (Å²) in [6.45, 7) is 1.88. The molecular formula is C19H21ClN2O3. The minimum Gasteiger partial charge on any atom is -0.377 e. The van der Waals surface area contributed by atoms with Gasteiger partial charge in [0.2, 0.25) is 5.91 Å². The molecule has 2 amide bonds. The van der Waals surface area contributed by atoms with E-state index in [1.807, 2.05) is 19.1 Å². The van der Waals surface area contributed by atoms with E-state index in [-0.39, 0.29) is 30.4 Å². The second-order valence-corrected chi connectivity index (χ2v) is 6.86. The van der Waals surface area contributed by atoms with E-state index in [0.717, 1.165) is 17.7 Å². The number of ether oxygens (including phenoxy) is 1. The van der Waals surface area contributed by atoms with Gasteiger partial charge in [-0.05, 0) is 43.2 Å². The molecule has 6 heteroatoms. The summed E-state index contributed by atoms with van der Waals surface area (Å²) in [5.41, 5.74) is 7.72. The number of allylic oxidation sites excluding steroid dienone is 1. The molecule has 0 spiro atoms. The van der Waals surface area contributed by atoms with Crippen molar-refractivity contribution >= 4 is 23.4 Å². The first-order valence-corrected chi connectivity index (χ1v) is 8.58. The number of nitrogens with zero attached hydrogens (tertiary/aromatic N) is 1. The molecule has 1 aliphatic heterocycles. The fraction of sp³-hybridized carbons (Fsp3) is 0.368. The highest BCUT2D eigenvalue weighted by molar-refractivity contribution is 6.30. The summed E-state index contributed by atoms with van der Waals surface area (Å²) in [6.07, 6.45) is 4.82. The third-order valence-corrected chi connectivity index (χ3v) is 5.22. The summed E-state index contributed by atoms with van der Waals surface area (Å²) in [5.74, 6) is -0.458. The molecule has 1 aromatic rings. The normalized spacial score (nSPS) is 25.2. The number of fused-ring (bicyclic) bond motifs is 1. The van der Waals surface area contributed by atoms with Crippen LogP contribution in [0.5, 0.6) is 0 Å². The first-order valence-electron chi connectivity index (χ1n) is 8.20. The minimum absolute atomic E-state index is 0.0255. The fourth-order valence-corrected chi connectivity index (χ4v) is 3.87. The van der Waals surface area contributed by atoms with Crippen molar-refractivity contribution in [2.24, 2.45) is 11.7 Å².